The minimum atomic E-state index is -0.211. The van der Waals surface area contributed by atoms with Crippen molar-refractivity contribution in [2.45, 2.75) is 41.5 Å². The predicted octanol–water partition coefficient (Wildman–Crippen LogP) is 1.76. The molecular weight excluding hydrogens is 184 g/mol. The predicted molar refractivity (Wildman–Crippen MR) is 55.0 cm³/mol. The number of ether oxygens (including phenoxy) is 1. The van der Waals surface area contributed by atoms with E-state index in [1.165, 1.54) is 34.6 Å². The first kappa shape index (κ1) is 18.6. The molecule has 0 fully saturated rings. The van der Waals surface area contributed by atoms with Crippen LogP contribution >= 0.6 is 0 Å². The van der Waals surface area contributed by atoms with Crippen molar-refractivity contribution in [3.05, 3.63) is 0 Å². The topological polar surface area (TPSA) is 60.4 Å². The molecular formula is C10H20O4. The van der Waals surface area contributed by atoms with Gasteiger partial charge in [-0.3, -0.25) is 4.79 Å². The van der Waals surface area contributed by atoms with Gasteiger partial charge < -0.3 is 14.3 Å². The third-order valence-electron chi connectivity index (χ3n) is 0.348. The molecule has 0 aliphatic rings. The Morgan fingerprint density at radius 3 is 1.07 bits per heavy atom. The first-order valence-electron chi connectivity index (χ1n) is 4.31. The summed E-state index contributed by atoms with van der Waals surface area (Å²) >= 11 is 0. The highest BCUT2D eigenvalue weighted by Gasteiger charge is 1.81. The molecule has 14 heavy (non-hydrogen) atoms. The van der Waals surface area contributed by atoms with E-state index in [1.54, 1.807) is 6.92 Å². The van der Waals surface area contributed by atoms with Crippen LogP contribution < -0.4 is 0 Å². The van der Waals surface area contributed by atoms with Gasteiger partial charge in [-0.25, -0.2) is 0 Å². The molecule has 0 N–H and O–H groups in total. The fraction of sp³-hybridized carbons (Fsp3) is 0.700. The molecule has 0 aliphatic carbocycles. The first-order chi connectivity index (χ1) is 6.23. The largest absolute Gasteiger partial charge is 0.466 e. The lowest BCUT2D eigenvalue weighted by Crippen LogP contribution is -1.95. The van der Waals surface area contributed by atoms with Crippen LogP contribution in [0.4, 0.5) is 0 Å². The molecule has 84 valence electrons. The second kappa shape index (κ2) is 14.3. The van der Waals surface area contributed by atoms with E-state index < -0.39 is 0 Å². The summed E-state index contributed by atoms with van der Waals surface area (Å²) in [7, 11) is 0. The number of Topliss-reactive ketones (excluding diaryl/α,β-unsaturated/α-hetero) is 2. The smallest absolute Gasteiger partial charge is 0.302 e. The van der Waals surface area contributed by atoms with Crippen molar-refractivity contribution < 1.29 is 19.1 Å². The van der Waals surface area contributed by atoms with Gasteiger partial charge in [0.1, 0.15) is 11.6 Å². The van der Waals surface area contributed by atoms with E-state index in [1.807, 2.05) is 0 Å². The Bertz CT molecular complexity index is 153. The molecule has 0 atom stereocenters. The van der Waals surface area contributed by atoms with Crippen LogP contribution in [0.25, 0.3) is 0 Å². The van der Waals surface area contributed by atoms with Crippen LogP contribution in [0.2, 0.25) is 0 Å². The molecule has 0 saturated carbocycles. The van der Waals surface area contributed by atoms with Gasteiger partial charge in [0.05, 0.1) is 6.61 Å². The number of hydrogen-bond acceptors (Lipinski definition) is 4. The molecule has 0 aromatic carbocycles. The molecule has 0 amide bonds. The number of hydrogen-bond donors (Lipinski definition) is 0. The minimum Gasteiger partial charge on any atom is -0.466 e. The molecule has 0 aliphatic heterocycles. The maximum absolute atomic E-state index is 9.82. The third-order valence-corrected chi connectivity index (χ3v) is 0.348. The molecule has 4 nitrogen and oxygen atoms in total. The van der Waals surface area contributed by atoms with Gasteiger partial charge in [-0.05, 0) is 34.6 Å². The van der Waals surface area contributed by atoms with E-state index in [9.17, 15) is 14.4 Å². The molecule has 0 unspecified atom stereocenters. The lowest BCUT2D eigenvalue weighted by Gasteiger charge is -1.89. The summed E-state index contributed by atoms with van der Waals surface area (Å²) in [5.41, 5.74) is 0. The van der Waals surface area contributed by atoms with Gasteiger partial charge in [0.2, 0.25) is 0 Å². The zero-order valence-electron chi connectivity index (χ0n) is 9.84. The first-order valence-corrected chi connectivity index (χ1v) is 4.31. The molecule has 0 aromatic rings. The van der Waals surface area contributed by atoms with Crippen molar-refractivity contribution in [3.8, 4) is 0 Å². The highest BCUT2D eigenvalue weighted by Crippen LogP contribution is 1.69. The van der Waals surface area contributed by atoms with Crippen molar-refractivity contribution in [1.29, 1.82) is 0 Å². The van der Waals surface area contributed by atoms with Crippen LogP contribution in [0.1, 0.15) is 41.5 Å². The van der Waals surface area contributed by atoms with Gasteiger partial charge in [-0.15, -0.1) is 0 Å². The van der Waals surface area contributed by atoms with Crippen molar-refractivity contribution in [2.24, 2.45) is 0 Å². The molecule has 0 saturated heterocycles. The van der Waals surface area contributed by atoms with Crippen molar-refractivity contribution in [3.63, 3.8) is 0 Å². The quantitative estimate of drug-likeness (QED) is 0.610. The SMILES string of the molecule is CC(C)=O.CC(C)=O.CCOC(C)=O. The summed E-state index contributed by atoms with van der Waals surface area (Å²) < 4.78 is 4.40. The van der Waals surface area contributed by atoms with Gasteiger partial charge >= 0.3 is 5.97 Å². The summed E-state index contributed by atoms with van der Waals surface area (Å²) in [5, 5.41) is 0. The minimum absolute atomic E-state index is 0.167. The monoisotopic (exact) mass is 204 g/mol. The second-order valence-corrected chi connectivity index (χ2v) is 2.74. The number of carbonyl (C=O) groups excluding carboxylic acids is 3. The molecule has 0 aromatic heterocycles. The highest BCUT2D eigenvalue weighted by atomic mass is 16.5. The molecule has 0 spiro atoms. The lowest BCUT2D eigenvalue weighted by atomic mass is 10.6. The Morgan fingerprint density at radius 2 is 1.07 bits per heavy atom. The Hall–Kier alpha value is -1.19. The lowest BCUT2D eigenvalue weighted by molar-refractivity contribution is -0.140. The Kier molecular flexibility index (Phi) is 19.0. The van der Waals surface area contributed by atoms with Crippen molar-refractivity contribution in [2.75, 3.05) is 6.61 Å². The maximum Gasteiger partial charge on any atom is 0.302 e. The van der Waals surface area contributed by atoms with E-state index >= 15 is 0 Å². The number of rotatable bonds is 1. The Balaban J connectivity index is -0.000000135. The van der Waals surface area contributed by atoms with E-state index in [2.05, 4.69) is 4.74 Å². The summed E-state index contributed by atoms with van der Waals surface area (Å²) in [5.74, 6) is 0.123. The van der Waals surface area contributed by atoms with Gasteiger partial charge in [-0.1, -0.05) is 0 Å². The third kappa shape index (κ3) is 318. The zero-order valence-corrected chi connectivity index (χ0v) is 9.84. The van der Waals surface area contributed by atoms with Crippen LogP contribution in [0, 0.1) is 0 Å². The maximum atomic E-state index is 9.82. The summed E-state index contributed by atoms with van der Waals surface area (Å²) in [6, 6.07) is 0. The van der Waals surface area contributed by atoms with E-state index in [0.717, 1.165) is 0 Å². The fourth-order valence-electron chi connectivity index (χ4n) is 0.203. The zero-order chi connectivity index (χ0) is 12.1. The van der Waals surface area contributed by atoms with E-state index in [4.69, 9.17) is 0 Å². The molecule has 0 bridgehead atoms. The summed E-state index contributed by atoms with van der Waals surface area (Å²) in [6.45, 7) is 9.76. The van der Waals surface area contributed by atoms with Gasteiger partial charge in [0.25, 0.3) is 0 Å². The molecule has 4 heteroatoms. The van der Waals surface area contributed by atoms with Crippen LogP contribution in [0.3, 0.4) is 0 Å². The molecule has 0 rings (SSSR count). The van der Waals surface area contributed by atoms with Crippen molar-refractivity contribution in [1.82, 2.24) is 0 Å². The Labute approximate surface area is 85.6 Å². The van der Waals surface area contributed by atoms with E-state index in [0.29, 0.717) is 6.61 Å². The van der Waals surface area contributed by atoms with Crippen molar-refractivity contribution >= 4 is 17.5 Å². The standard InChI is InChI=1S/C4H8O2.2C3H6O/c1-3-6-4(2)5;2*1-3(2)4/h3H2,1-2H3;2*1-2H3. The van der Waals surface area contributed by atoms with E-state index in [-0.39, 0.29) is 17.5 Å². The van der Waals surface area contributed by atoms with Gasteiger partial charge in [0.15, 0.2) is 0 Å². The van der Waals surface area contributed by atoms with Crippen LogP contribution in [0.5, 0.6) is 0 Å². The van der Waals surface area contributed by atoms with Gasteiger partial charge in [-0.2, -0.15) is 0 Å². The number of carbonyl (C=O) groups is 3. The summed E-state index contributed by atoms with van der Waals surface area (Å²) in [6.07, 6.45) is 0. The average molecular weight is 204 g/mol. The van der Waals surface area contributed by atoms with Crippen LogP contribution in [-0.2, 0) is 19.1 Å². The number of ketones is 2. The average Bonchev–Trinajstić information content (AvgIpc) is 1.82. The highest BCUT2D eigenvalue weighted by molar-refractivity contribution is 5.72. The number of esters is 1. The summed E-state index contributed by atoms with van der Waals surface area (Å²) in [4.78, 5) is 28.7. The fourth-order valence-corrected chi connectivity index (χ4v) is 0.203. The van der Waals surface area contributed by atoms with Gasteiger partial charge in [0, 0.05) is 6.92 Å². The van der Waals surface area contributed by atoms with Crippen LogP contribution in [-0.4, -0.2) is 24.1 Å². The second-order valence-electron chi connectivity index (χ2n) is 2.74. The molecule has 0 heterocycles. The Morgan fingerprint density at radius 1 is 0.857 bits per heavy atom. The normalized spacial score (nSPS) is 7.00. The van der Waals surface area contributed by atoms with Crippen LogP contribution in [0.15, 0.2) is 0 Å². The molecule has 0 radical (unpaired) electrons.